The van der Waals surface area contributed by atoms with Crippen molar-refractivity contribution >= 4 is 0 Å². The van der Waals surface area contributed by atoms with E-state index in [9.17, 15) is 0 Å². The second-order valence-corrected chi connectivity index (χ2v) is 7.09. The van der Waals surface area contributed by atoms with Gasteiger partial charge in [0.25, 0.3) is 0 Å². The van der Waals surface area contributed by atoms with Crippen LogP contribution in [0.4, 0.5) is 0 Å². The lowest BCUT2D eigenvalue weighted by atomic mass is 10.0. The van der Waals surface area contributed by atoms with Crippen molar-refractivity contribution in [2.24, 2.45) is 0 Å². The molecule has 158 valence electrons. The quantitative estimate of drug-likeness (QED) is 0.295. The summed E-state index contributed by atoms with van der Waals surface area (Å²) in [6.45, 7) is 6.21. The van der Waals surface area contributed by atoms with Crippen molar-refractivity contribution in [3.63, 3.8) is 0 Å². The Balaban J connectivity index is 3.83. The molecule has 0 aromatic carbocycles. The van der Waals surface area contributed by atoms with Gasteiger partial charge in [0.2, 0.25) is 0 Å². The number of ether oxygens (including phenoxy) is 3. The van der Waals surface area contributed by atoms with Crippen molar-refractivity contribution in [1.82, 2.24) is 0 Å². The Kier molecular flexibility index (Phi) is 20.9. The zero-order valence-electron chi connectivity index (χ0n) is 17.3. The minimum absolute atomic E-state index is 0.0495. The molecule has 0 rings (SSSR count). The van der Waals surface area contributed by atoms with Crippen molar-refractivity contribution in [2.75, 3.05) is 39.6 Å². The third-order valence-electron chi connectivity index (χ3n) is 4.53. The first-order valence-electron chi connectivity index (χ1n) is 10.8. The van der Waals surface area contributed by atoms with Gasteiger partial charge in [0, 0.05) is 0 Å². The van der Waals surface area contributed by atoms with Gasteiger partial charge in [-0.1, -0.05) is 64.7 Å². The zero-order valence-corrected chi connectivity index (χ0v) is 17.3. The fourth-order valence-electron chi connectivity index (χ4n) is 3.08. The largest absolute Gasteiger partial charge is 0.394 e. The minimum atomic E-state index is 0.0495. The third-order valence-corrected chi connectivity index (χ3v) is 4.53. The summed E-state index contributed by atoms with van der Waals surface area (Å²) in [5, 5.41) is 17.6. The third kappa shape index (κ3) is 18.6. The van der Waals surface area contributed by atoms with Gasteiger partial charge in [0.1, 0.15) is 0 Å². The van der Waals surface area contributed by atoms with Gasteiger partial charge in [-0.25, -0.2) is 0 Å². The van der Waals surface area contributed by atoms with E-state index in [1.165, 1.54) is 57.8 Å². The van der Waals surface area contributed by atoms with Crippen LogP contribution < -0.4 is 0 Å². The highest BCUT2D eigenvalue weighted by Gasteiger charge is 2.14. The lowest BCUT2D eigenvalue weighted by Crippen LogP contribution is -2.24. The summed E-state index contributed by atoms with van der Waals surface area (Å²) in [6.07, 6.45) is 14.1. The van der Waals surface area contributed by atoms with Crippen LogP contribution in [-0.4, -0.2) is 62.1 Å². The highest BCUT2D eigenvalue weighted by atomic mass is 16.5. The van der Waals surface area contributed by atoms with E-state index < -0.39 is 0 Å². The normalized spacial score (nSPS) is 13.8. The smallest absolute Gasteiger partial charge is 0.0704 e. The molecule has 2 atom stereocenters. The Hall–Kier alpha value is -0.200. The molecule has 0 fully saturated rings. The van der Waals surface area contributed by atoms with E-state index in [1.54, 1.807) is 0 Å². The van der Waals surface area contributed by atoms with E-state index in [2.05, 4.69) is 6.92 Å². The maximum absolute atomic E-state index is 8.87. The van der Waals surface area contributed by atoms with Crippen LogP contribution in [0, 0.1) is 0 Å². The van der Waals surface area contributed by atoms with E-state index in [0.717, 1.165) is 12.8 Å². The molecule has 2 unspecified atom stereocenters. The van der Waals surface area contributed by atoms with Crippen LogP contribution in [0.15, 0.2) is 0 Å². The fourth-order valence-corrected chi connectivity index (χ4v) is 3.08. The summed E-state index contributed by atoms with van der Waals surface area (Å²) in [5.74, 6) is 0. The second-order valence-electron chi connectivity index (χ2n) is 7.09. The number of hydrogen-bond acceptors (Lipinski definition) is 5. The van der Waals surface area contributed by atoms with Gasteiger partial charge in [0.15, 0.2) is 0 Å². The monoisotopic (exact) mass is 376 g/mol. The van der Waals surface area contributed by atoms with Crippen molar-refractivity contribution in [2.45, 2.75) is 96.7 Å². The maximum Gasteiger partial charge on any atom is 0.0704 e. The average molecular weight is 377 g/mol. The van der Waals surface area contributed by atoms with E-state index in [-0.39, 0.29) is 25.4 Å². The first-order valence-corrected chi connectivity index (χ1v) is 10.8. The van der Waals surface area contributed by atoms with Crippen LogP contribution >= 0.6 is 0 Å². The standard InChI is InChI=1S/C21H44O5/c1-3-4-5-6-7-8-9-10-11-12-21(19-20(2)25-16-14-23)26-18-17-24-15-13-22/h20-23H,3-19H2,1-2H3. The highest BCUT2D eigenvalue weighted by Crippen LogP contribution is 2.16. The molecule has 0 saturated heterocycles. The van der Waals surface area contributed by atoms with E-state index in [4.69, 9.17) is 24.4 Å². The van der Waals surface area contributed by atoms with Gasteiger partial charge in [-0.3, -0.25) is 0 Å². The van der Waals surface area contributed by atoms with Gasteiger partial charge in [-0.05, 0) is 19.8 Å². The molecular formula is C21H44O5. The first-order chi connectivity index (χ1) is 12.7. The number of hydrogen-bond donors (Lipinski definition) is 2. The fraction of sp³-hybridized carbons (Fsp3) is 1.00. The average Bonchev–Trinajstić information content (AvgIpc) is 2.64. The summed E-state index contributed by atoms with van der Waals surface area (Å²) in [4.78, 5) is 0. The number of aliphatic hydroxyl groups is 2. The summed E-state index contributed by atoms with van der Waals surface area (Å²) < 4.78 is 16.8. The van der Waals surface area contributed by atoms with E-state index in [1.807, 2.05) is 6.92 Å². The van der Waals surface area contributed by atoms with Crippen LogP contribution in [0.3, 0.4) is 0 Å². The molecular weight excluding hydrogens is 332 g/mol. The molecule has 5 nitrogen and oxygen atoms in total. The van der Waals surface area contributed by atoms with Crippen molar-refractivity contribution in [3.8, 4) is 0 Å². The molecule has 0 spiro atoms. The van der Waals surface area contributed by atoms with Gasteiger partial charge >= 0.3 is 0 Å². The first kappa shape index (κ1) is 25.8. The van der Waals surface area contributed by atoms with Gasteiger partial charge in [-0.2, -0.15) is 0 Å². The molecule has 0 aromatic rings. The number of aliphatic hydroxyl groups excluding tert-OH is 2. The van der Waals surface area contributed by atoms with Crippen LogP contribution in [0.5, 0.6) is 0 Å². The molecule has 26 heavy (non-hydrogen) atoms. The summed E-state index contributed by atoms with van der Waals surface area (Å²) >= 11 is 0. The Morgan fingerprint density at radius 3 is 1.92 bits per heavy atom. The van der Waals surface area contributed by atoms with Crippen molar-refractivity contribution < 1.29 is 24.4 Å². The highest BCUT2D eigenvalue weighted by molar-refractivity contribution is 4.64. The van der Waals surface area contributed by atoms with E-state index >= 15 is 0 Å². The van der Waals surface area contributed by atoms with Crippen molar-refractivity contribution in [3.05, 3.63) is 0 Å². The van der Waals surface area contributed by atoms with Crippen LogP contribution in [0.2, 0.25) is 0 Å². The predicted molar refractivity (Wildman–Crippen MR) is 107 cm³/mol. The molecule has 0 heterocycles. The summed E-state index contributed by atoms with van der Waals surface area (Å²) in [5.41, 5.74) is 0. The van der Waals surface area contributed by atoms with Gasteiger partial charge < -0.3 is 24.4 Å². The molecule has 0 bridgehead atoms. The predicted octanol–water partition coefficient (Wildman–Crippen LogP) is 4.09. The molecule has 0 amide bonds. The minimum Gasteiger partial charge on any atom is -0.394 e. The van der Waals surface area contributed by atoms with Crippen LogP contribution in [0.1, 0.15) is 84.5 Å². The molecule has 5 heteroatoms. The molecule has 2 N–H and O–H groups in total. The molecule has 0 radical (unpaired) electrons. The maximum atomic E-state index is 8.87. The van der Waals surface area contributed by atoms with E-state index in [0.29, 0.717) is 26.4 Å². The van der Waals surface area contributed by atoms with Crippen LogP contribution in [-0.2, 0) is 14.2 Å². The Bertz CT molecular complexity index is 263. The summed E-state index contributed by atoms with van der Waals surface area (Å²) in [6, 6.07) is 0. The zero-order chi connectivity index (χ0) is 19.3. The molecule has 0 aliphatic heterocycles. The molecule has 0 aliphatic carbocycles. The van der Waals surface area contributed by atoms with Crippen molar-refractivity contribution in [1.29, 1.82) is 0 Å². The molecule has 0 saturated carbocycles. The lowest BCUT2D eigenvalue weighted by molar-refractivity contribution is -0.0407. The Morgan fingerprint density at radius 2 is 1.31 bits per heavy atom. The van der Waals surface area contributed by atoms with Crippen LogP contribution in [0.25, 0.3) is 0 Å². The van der Waals surface area contributed by atoms with Gasteiger partial charge in [0.05, 0.1) is 51.8 Å². The summed E-state index contributed by atoms with van der Waals surface area (Å²) in [7, 11) is 0. The topological polar surface area (TPSA) is 68.2 Å². The lowest BCUT2D eigenvalue weighted by Gasteiger charge is -2.22. The SMILES string of the molecule is CCCCCCCCCCCC(CC(C)OCCO)OCCOCCO. The Labute approximate surface area is 161 Å². The second kappa shape index (κ2) is 21.1. The van der Waals surface area contributed by atoms with Gasteiger partial charge in [-0.15, -0.1) is 0 Å². The Morgan fingerprint density at radius 1 is 0.692 bits per heavy atom. The molecule has 0 aliphatic rings. The number of unbranched alkanes of at least 4 members (excludes halogenated alkanes) is 8. The number of rotatable bonds is 21. The molecule has 0 aromatic heterocycles.